The molecule has 2 aromatic carbocycles. The lowest BCUT2D eigenvalue weighted by Gasteiger charge is -2.29. The van der Waals surface area contributed by atoms with E-state index in [9.17, 15) is 0 Å². The van der Waals surface area contributed by atoms with Crippen molar-refractivity contribution in [3.8, 4) is 0 Å². The molecule has 198 valence electrons. The van der Waals surface area contributed by atoms with Crippen molar-refractivity contribution in [2.75, 3.05) is 11.6 Å². The first-order valence-electron chi connectivity index (χ1n) is 13.9. The normalized spacial score (nSPS) is 14.6. The Morgan fingerprint density at radius 1 is 0.892 bits per heavy atom. The lowest BCUT2D eigenvalue weighted by atomic mass is 9.89. The van der Waals surface area contributed by atoms with Gasteiger partial charge in [-0.2, -0.15) is 0 Å². The third-order valence-electron chi connectivity index (χ3n) is 7.46. The van der Waals surface area contributed by atoms with E-state index in [0.29, 0.717) is 5.41 Å². The first-order valence-corrected chi connectivity index (χ1v) is 15.5. The molecule has 1 aliphatic carbocycles. The number of unbranched alkanes of at least 4 members (excludes halogenated alkanes) is 1. The van der Waals surface area contributed by atoms with Crippen molar-refractivity contribution in [1.29, 1.82) is 0 Å². The first kappa shape index (κ1) is 29.2. The zero-order valence-electron chi connectivity index (χ0n) is 24.8. The third kappa shape index (κ3) is 8.33. The maximum absolute atomic E-state index is 3.35. The van der Waals surface area contributed by atoms with Crippen molar-refractivity contribution in [3.05, 3.63) is 99.5 Å². The number of anilines is 2. The smallest absolute Gasteiger partial charge is 0.0541 e. The average molecular weight is 514 g/mol. The molecule has 0 N–H and O–H groups in total. The maximum atomic E-state index is 3.35. The summed E-state index contributed by atoms with van der Waals surface area (Å²) in [5, 5.41) is 0. The van der Waals surface area contributed by atoms with Gasteiger partial charge >= 0.3 is 0 Å². The van der Waals surface area contributed by atoms with Crippen molar-refractivity contribution in [2.24, 2.45) is 5.41 Å². The Hall–Kier alpha value is -2.33. The molecule has 0 heterocycles. The Bertz CT molecular complexity index is 1210. The van der Waals surface area contributed by atoms with Crippen LogP contribution in [0, 0.1) is 33.1 Å². The number of allylic oxidation sites excluding steroid dienone is 4. The van der Waals surface area contributed by atoms with Gasteiger partial charge in [0.15, 0.2) is 0 Å². The highest BCUT2D eigenvalue weighted by Gasteiger charge is 2.19. The highest BCUT2D eigenvalue weighted by molar-refractivity contribution is 7.37. The Kier molecular flexibility index (Phi) is 10.2. The summed E-state index contributed by atoms with van der Waals surface area (Å²) in [6.45, 7) is 20.6. The van der Waals surface area contributed by atoms with Gasteiger partial charge in [-0.1, -0.05) is 45.4 Å². The van der Waals surface area contributed by atoms with Crippen LogP contribution in [-0.4, -0.2) is 12.3 Å². The standard InChI is InChI=1S/C35H48NP/c1-25-14-10-12-16-31(20-25)36(34-23-27(3)26(2)21-29(34)5)32-19-18-30(28(4)22-32)15-11-13-17-33(37-9)24-35(6,7)8/h10,14,16,18-23,33,37H,11,13,15,17,24H2,1-9H3. The zero-order valence-corrected chi connectivity index (χ0v) is 25.8. The predicted octanol–water partition coefficient (Wildman–Crippen LogP) is 10.4. The highest BCUT2D eigenvalue weighted by atomic mass is 31.1. The highest BCUT2D eigenvalue weighted by Crippen LogP contribution is 2.37. The molecule has 2 unspecified atom stereocenters. The molecule has 0 fully saturated rings. The van der Waals surface area contributed by atoms with E-state index in [1.54, 1.807) is 0 Å². The van der Waals surface area contributed by atoms with Gasteiger partial charge in [-0.3, -0.25) is 0 Å². The molecular weight excluding hydrogens is 465 g/mol. The van der Waals surface area contributed by atoms with E-state index < -0.39 is 0 Å². The fraction of sp³-hybridized carbons (Fsp3) is 0.457. The quantitative estimate of drug-likeness (QED) is 0.173. The molecule has 0 bridgehead atoms. The Morgan fingerprint density at radius 3 is 2.30 bits per heavy atom. The largest absolute Gasteiger partial charge is 0.310 e. The molecule has 0 amide bonds. The van der Waals surface area contributed by atoms with Crippen LogP contribution in [0.5, 0.6) is 0 Å². The summed E-state index contributed by atoms with van der Waals surface area (Å²) < 4.78 is 0. The molecule has 0 aromatic heterocycles. The van der Waals surface area contributed by atoms with E-state index in [-0.39, 0.29) is 0 Å². The Labute approximate surface area is 229 Å². The maximum Gasteiger partial charge on any atom is 0.0541 e. The van der Waals surface area contributed by atoms with Crippen LogP contribution in [0.4, 0.5) is 11.4 Å². The van der Waals surface area contributed by atoms with Crippen molar-refractivity contribution in [1.82, 2.24) is 0 Å². The second-order valence-corrected chi connectivity index (χ2v) is 13.5. The number of nitrogens with zero attached hydrogens (tertiary/aromatic N) is 1. The lowest BCUT2D eigenvalue weighted by molar-refractivity contribution is 0.362. The van der Waals surface area contributed by atoms with E-state index in [2.05, 4.69) is 121 Å². The second-order valence-electron chi connectivity index (χ2n) is 12.1. The van der Waals surface area contributed by atoms with Crippen molar-refractivity contribution in [2.45, 2.75) is 93.2 Å². The molecule has 1 nitrogen and oxygen atoms in total. The summed E-state index contributed by atoms with van der Waals surface area (Å²) in [5.41, 5.74) is 16.3. The van der Waals surface area contributed by atoms with E-state index >= 15 is 0 Å². The molecule has 37 heavy (non-hydrogen) atoms. The summed E-state index contributed by atoms with van der Waals surface area (Å²) in [6.07, 6.45) is 15.0. The minimum absolute atomic E-state index is 0.437. The van der Waals surface area contributed by atoms with E-state index in [4.69, 9.17) is 0 Å². The molecule has 2 aromatic rings. The van der Waals surface area contributed by atoms with Crippen LogP contribution in [0.3, 0.4) is 0 Å². The van der Waals surface area contributed by atoms with Gasteiger partial charge in [0.2, 0.25) is 0 Å². The van der Waals surface area contributed by atoms with Gasteiger partial charge in [0.05, 0.1) is 5.70 Å². The van der Waals surface area contributed by atoms with E-state index in [1.807, 2.05) is 6.08 Å². The Morgan fingerprint density at radius 2 is 1.62 bits per heavy atom. The molecule has 1 aliphatic rings. The van der Waals surface area contributed by atoms with Crippen LogP contribution in [0.15, 0.2) is 71.6 Å². The van der Waals surface area contributed by atoms with E-state index in [0.717, 1.165) is 26.4 Å². The number of hydrogen-bond donors (Lipinski definition) is 0. The summed E-state index contributed by atoms with van der Waals surface area (Å²) in [6, 6.07) is 11.7. The van der Waals surface area contributed by atoms with Gasteiger partial charge in [-0.25, -0.2) is 0 Å². The lowest BCUT2D eigenvalue weighted by Crippen LogP contribution is -2.17. The van der Waals surface area contributed by atoms with Gasteiger partial charge in [-0.15, -0.1) is 14.3 Å². The van der Waals surface area contributed by atoms with Gasteiger partial charge in [0, 0.05) is 17.5 Å². The monoisotopic (exact) mass is 513 g/mol. The molecular formula is C35H48NP. The van der Waals surface area contributed by atoms with Crippen LogP contribution < -0.4 is 4.90 Å². The van der Waals surface area contributed by atoms with Crippen LogP contribution in [-0.2, 0) is 6.42 Å². The minimum Gasteiger partial charge on any atom is -0.310 e. The Balaban J connectivity index is 1.84. The van der Waals surface area contributed by atoms with Gasteiger partial charge in [-0.05, 0) is 142 Å². The van der Waals surface area contributed by atoms with E-state index in [1.165, 1.54) is 70.4 Å². The molecule has 3 rings (SSSR count). The number of hydrogen-bond acceptors (Lipinski definition) is 1. The summed E-state index contributed by atoms with van der Waals surface area (Å²) in [5.74, 6) is 0. The average Bonchev–Trinajstić information content (AvgIpc) is 3.03. The SMILES string of the molecule is CPC(CCCCc1ccc(N(C2=CC(C)=CC=C=C2)c2cc(C)c(C)cc2C)cc1C)CC(C)(C)C. The summed E-state index contributed by atoms with van der Waals surface area (Å²) in [4.78, 5) is 2.40. The van der Waals surface area contributed by atoms with Crippen LogP contribution in [0.1, 0.15) is 81.2 Å². The van der Waals surface area contributed by atoms with Crippen LogP contribution in [0.2, 0.25) is 0 Å². The topological polar surface area (TPSA) is 3.24 Å². The minimum atomic E-state index is 0.437. The van der Waals surface area contributed by atoms with Crippen molar-refractivity contribution >= 4 is 20.0 Å². The molecule has 0 aliphatic heterocycles. The molecule has 0 saturated heterocycles. The van der Waals surface area contributed by atoms with Crippen LogP contribution in [0.25, 0.3) is 0 Å². The molecule has 0 saturated carbocycles. The van der Waals surface area contributed by atoms with Crippen molar-refractivity contribution < 1.29 is 0 Å². The van der Waals surface area contributed by atoms with Crippen molar-refractivity contribution in [3.63, 3.8) is 0 Å². The number of benzene rings is 2. The zero-order chi connectivity index (χ0) is 27.2. The summed E-state index contributed by atoms with van der Waals surface area (Å²) in [7, 11) is 1.05. The number of rotatable bonds is 10. The molecule has 0 spiro atoms. The molecule has 2 heteroatoms. The first-order chi connectivity index (χ1) is 17.5. The third-order valence-corrected chi connectivity index (χ3v) is 8.77. The number of aryl methyl sites for hydroxylation is 5. The summed E-state index contributed by atoms with van der Waals surface area (Å²) >= 11 is 0. The molecule has 2 atom stereocenters. The fourth-order valence-electron chi connectivity index (χ4n) is 5.27. The molecule has 0 radical (unpaired) electrons. The van der Waals surface area contributed by atoms with Gasteiger partial charge < -0.3 is 4.90 Å². The second kappa shape index (κ2) is 13.0. The fourth-order valence-corrected chi connectivity index (χ4v) is 6.58. The van der Waals surface area contributed by atoms with Crippen LogP contribution >= 0.6 is 8.58 Å². The predicted molar refractivity (Wildman–Crippen MR) is 168 cm³/mol. The van der Waals surface area contributed by atoms with Gasteiger partial charge in [0.1, 0.15) is 0 Å². The van der Waals surface area contributed by atoms with Gasteiger partial charge in [0.25, 0.3) is 0 Å².